The molecule has 0 unspecified atom stereocenters. The number of rotatable bonds is 9. The number of fused-ring (bicyclic) bond motifs is 2. The zero-order chi connectivity index (χ0) is 40.9. The predicted molar refractivity (Wildman–Crippen MR) is 257 cm³/mol. The van der Waals surface area contributed by atoms with Gasteiger partial charge in [-0.2, -0.15) is 0 Å². The first-order valence-electron chi connectivity index (χ1n) is 19.9. The molecule has 0 spiro atoms. The molecular formula is C52H44Cl2N2OP2Ru+2. The fourth-order valence-electron chi connectivity index (χ4n) is 8.08. The van der Waals surface area contributed by atoms with Crippen molar-refractivity contribution < 1.29 is 19.9 Å². The molecular weight excluding hydrogens is 903 g/mol. The minimum Gasteiger partial charge on any atom is -0.653 e. The Morgan fingerprint density at radius 1 is 0.383 bits per heavy atom. The summed E-state index contributed by atoms with van der Waals surface area (Å²) in [4.78, 5) is 0. The fourth-order valence-corrected chi connectivity index (χ4v) is 13.4. The molecule has 0 fully saturated rings. The van der Waals surface area contributed by atoms with Crippen LogP contribution in [-0.2, 0) is 28.2 Å². The number of benzene rings is 8. The second-order valence-electron chi connectivity index (χ2n) is 14.3. The molecule has 0 aromatic heterocycles. The van der Waals surface area contributed by atoms with Gasteiger partial charge in [0.2, 0.25) is 0 Å². The molecule has 0 saturated heterocycles. The van der Waals surface area contributed by atoms with Crippen LogP contribution in [-0.4, -0.2) is 0 Å². The van der Waals surface area contributed by atoms with Crippen LogP contribution in [0.15, 0.2) is 218 Å². The molecule has 0 aliphatic carbocycles. The molecule has 3 nitrogen and oxygen atoms in total. The molecule has 0 bridgehead atoms. The summed E-state index contributed by atoms with van der Waals surface area (Å²) in [5.41, 5.74) is 5.45. The van der Waals surface area contributed by atoms with Crippen LogP contribution in [0, 0.1) is 0 Å². The van der Waals surface area contributed by atoms with Crippen LogP contribution in [0.3, 0.4) is 0 Å². The molecule has 0 N–H and O–H groups in total. The SMILES string of the molecule is [Cl][Ru+2][Cl].c1ccc([PH+](c2ccccc2)c2ccccc2Oc2ccccc2[PH+](c2ccccc2)c2ccccc2)cc1.c1ccc2c(c1)C[N-][C@H]2[C@@H]1[N-]Cc2ccccc21. The smallest absolute Gasteiger partial charge is 0.170 e. The Balaban J connectivity index is 0.000000196. The van der Waals surface area contributed by atoms with Crippen molar-refractivity contribution in [3.05, 3.63) is 251 Å². The number of para-hydroxylation sites is 2. The van der Waals surface area contributed by atoms with Gasteiger partial charge in [0.1, 0.15) is 47.7 Å². The third-order valence-electron chi connectivity index (χ3n) is 10.7. The summed E-state index contributed by atoms with van der Waals surface area (Å²) in [7, 11) is 7.15. The Hall–Kier alpha value is -4.46. The normalized spacial score (nSPS) is 14.9. The predicted octanol–water partition coefficient (Wildman–Crippen LogP) is 12.1. The number of hydrogen-bond donors (Lipinski definition) is 0. The van der Waals surface area contributed by atoms with Gasteiger partial charge in [-0.1, -0.05) is 168 Å². The van der Waals surface area contributed by atoms with Crippen molar-refractivity contribution in [2.24, 2.45) is 0 Å². The van der Waals surface area contributed by atoms with E-state index in [2.05, 4.69) is 218 Å². The minimum absolute atomic E-state index is 0.227. The topological polar surface area (TPSA) is 37.4 Å². The van der Waals surface area contributed by atoms with Gasteiger partial charge in [0.25, 0.3) is 0 Å². The fraction of sp³-hybridized carbons (Fsp3) is 0.0769. The maximum Gasteiger partial charge on any atom is 0.170 e. The van der Waals surface area contributed by atoms with E-state index in [0.717, 1.165) is 24.6 Å². The van der Waals surface area contributed by atoms with E-state index >= 15 is 0 Å². The Kier molecular flexibility index (Phi) is 15.0. The Morgan fingerprint density at radius 3 is 1.02 bits per heavy atom. The van der Waals surface area contributed by atoms with Crippen molar-refractivity contribution in [3.63, 3.8) is 0 Å². The van der Waals surface area contributed by atoms with Crippen molar-refractivity contribution in [1.29, 1.82) is 0 Å². The first-order chi connectivity index (χ1) is 29.7. The van der Waals surface area contributed by atoms with Gasteiger partial charge >= 0.3 is 34.5 Å². The van der Waals surface area contributed by atoms with Gasteiger partial charge in [0.15, 0.2) is 11.5 Å². The molecule has 0 saturated carbocycles. The maximum absolute atomic E-state index is 6.94. The molecule has 2 heterocycles. The second-order valence-corrected chi connectivity index (χ2v) is 21.9. The average molecular weight is 947 g/mol. The molecule has 2 aliphatic rings. The average Bonchev–Trinajstić information content (AvgIpc) is 3.94. The molecule has 8 aromatic carbocycles. The van der Waals surface area contributed by atoms with Crippen LogP contribution in [0.1, 0.15) is 34.3 Å². The van der Waals surface area contributed by atoms with Gasteiger partial charge in [-0.25, -0.2) is 0 Å². The zero-order valence-electron chi connectivity index (χ0n) is 32.8. The summed E-state index contributed by atoms with van der Waals surface area (Å²) in [5, 5.41) is 17.5. The third kappa shape index (κ3) is 10.0. The van der Waals surface area contributed by atoms with Crippen LogP contribution >= 0.6 is 35.2 Å². The van der Waals surface area contributed by atoms with Crippen molar-refractivity contribution in [3.8, 4) is 11.5 Å². The summed E-state index contributed by atoms with van der Waals surface area (Å²) in [6, 6.07) is 78.2. The van der Waals surface area contributed by atoms with Crippen LogP contribution in [0.5, 0.6) is 11.5 Å². The summed E-state index contributed by atoms with van der Waals surface area (Å²) in [5.74, 6) is 1.85. The zero-order valence-corrected chi connectivity index (χ0v) is 38.0. The van der Waals surface area contributed by atoms with Crippen LogP contribution < -0.4 is 36.6 Å². The van der Waals surface area contributed by atoms with Gasteiger partial charge in [-0.05, 0) is 72.8 Å². The van der Waals surface area contributed by atoms with E-state index < -0.39 is 15.8 Å². The van der Waals surface area contributed by atoms with E-state index in [-0.39, 0.29) is 27.2 Å². The van der Waals surface area contributed by atoms with Gasteiger partial charge in [0, 0.05) is 0 Å². The van der Waals surface area contributed by atoms with Crippen molar-refractivity contribution in [2.75, 3.05) is 0 Å². The molecule has 8 heteroatoms. The summed E-state index contributed by atoms with van der Waals surface area (Å²) < 4.78 is 6.94. The van der Waals surface area contributed by atoms with Gasteiger partial charge in [-0.15, -0.1) is 25.2 Å². The first-order valence-corrected chi connectivity index (χ1v) is 27.4. The summed E-state index contributed by atoms with van der Waals surface area (Å²) >= 11 is -0.346. The Bertz CT molecular complexity index is 2310. The van der Waals surface area contributed by atoms with E-state index in [9.17, 15) is 0 Å². The first kappa shape index (κ1) is 42.2. The number of halogens is 2. The summed E-state index contributed by atoms with van der Waals surface area (Å²) in [6.07, 6.45) is 0. The van der Waals surface area contributed by atoms with Crippen molar-refractivity contribution in [1.82, 2.24) is 0 Å². The molecule has 8 aromatic rings. The van der Waals surface area contributed by atoms with Crippen molar-refractivity contribution in [2.45, 2.75) is 25.2 Å². The molecule has 10 rings (SSSR count). The van der Waals surface area contributed by atoms with Crippen LogP contribution in [0.4, 0.5) is 0 Å². The van der Waals surface area contributed by atoms with Gasteiger partial charge in [-0.3, -0.25) is 0 Å². The molecule has 0 amide bonds. The minimum atomic E-state index is -1.28. The van der Waals surface area contributed by atoms with E-state index in [0.29, 0.717) is 0 Å². The quantitative estimate of drug-likeness (QED) is 0.105. The Labute approximate surface area is 372 Å². The molecule has 2 atom stereocenters. The van der Waals surface area contributed by atoms with E-state index in [1.54, 1.807) is 0 Å². The number of ether oxygens (including phenoxy) is 1. The molecule has 0 radical (unpaired) electrons. The standard InChI is InChI=1S/C36H28OP2.C16H14N2.2ClH.Ru/c1-5-17-29(18-6-1)38(30-19-7-2-8-20-30)35-27-15-13-25-33(35)37-34-26-14-16-28-36(34)39(31-21-9-3-10-22-31)32-23-11-4-12-24-32;1-3-7-13-11(5-1)9-17-15(13)16-14-8-4-2-6-12(14)10-18-16;;;/h1-28H;1-8,15-16H,9-10H2;2*1H;/q;-2;;;+4/t;15-,16-;;;/m.1.../s1. The molecule has 298 valence electrons. The Morgan fingerprint density at radius 2 is 0.667 bits per heavy atom. The monoisotopic (exact) mass is 946 g/mol. The molecule has 60 heavy (non-hydrogen) atoms. The van der Waals surface area contributed by atoms with E-state index in [4.69, 9.17) is 34.8 Å². The largest absolute Gasteiger partial charge is 0.653 e. The molecule has 2 aliphatic heterocycles. The van der Waals surface area contributed by atoms with E-state index in [1.165, 1.54) is 54.1 Å². The summed E-state index contributed by atoms with van der Waals surface area (Å²) in [6.45, 7) is 1.68. The van der Waals surface area contributed by atoms with Crippen molar-refractivity contribution >= 4 is 67.1 Å². The second kappa shape index (κ2) is 21.4. The third-order valence-corrected chi connectivity index (χ3v) is 16.3. The maximum atomic E-state index is 6.94. The number of hydrogen-bond acceptors (Lipinski definition) is 1. The van der Waals surface area contributed by atoms with Crippen LogP contribution in [0.2, 0.25) is 0 Å². The van der Waals surface area contributed by atoms with Crippen LogP contribution in [0.25, 0.3) is 10.6 Å². The van der Waals surface area contributed by atoms with Gasteiger partial charge in [0.05, 0.1) is 0 Å². The van der Waals surface area contributed by atoms with E-state index in [1.807, 2.05) is 0 Å². The number of nitrogens with zero attached hydrogens (tertiary/aromatic N) is 2. The van der Waals surface area contributed by atoms with Gasteiger partial charge < -0.3 is 15.4 Å².